The van der Waals surface area contributed by atoms with Crippen LogP contribution in [0.3, 0.4) is 0 Å². The Morgan fingerprint density at radius 2 is 1.62 bits per heavy atom. The van der Waals surface area contributed by atoms with Crippen LogP contribution in [-0.4, -0.2) is 59.9 Å². The first-order chi connectivity index (χ1) is 10.3. The topological polar surface area (TPSA) is 62.1 Å². The Morgan fingerprint density at radius 1 is 1.00 bits per heavy atom. The molecule has 0 saturated heterocycles. The maximum atomic E-state index is 5.47. The Labute approximate surface area is 126 Å². The molecule has 0 fully saturated rings. The quantitative estimate of drug-likeness (QED) is 0.527. The summed E-state index contributed by atoms with van der Waals surface area (Å²) in [6, 6.07) is 4.05. The lowest BCUT2D eigenvalue weighted by atomic mass is 10.2. The number of hydrogen-bond donors (Lipinski definition) is 1. The predicted molar refractivity (Wildman–Crippen MR) is 79.5 cm³/mol. The molecule has 0 aromatic carbocycles. The summed E-state index contributed by atoms with van der Waals surface area (Å²) in [7, 11) is 1.65. The standard InChI is InChI=1S/C15H27NO5/c1-14(15-4-3-6-21-15)16-5-7-18-10-11-20-13-12-19-9-8-17-2/h3-4,6,14,16H,5,7-13H2,1-2H3. The first-order valence-corrected chi connectivity index (χ1v) is 7.33. The van der Waals surface area contributed by atoms with Gasteiger partial charge in [0.05, 0.1) is 58.6 Å². The van der Waals surface area contributed by atoms with Crippen LogP contribution < -0.4 is 5.32 Å². The summed E-state index contributed by atoms with van der Waals surface area (Å²) in [4.78, 5) is 0. The summed E-state index contributed by atoms with van der Waals surface area (Å²) >= 11 is 0. The van der Waals surface area contributed by atoms with Gasteiger partial charge in [0, 0.05) is 13.7 Å². The van der Waals surface area contributed by atoms with Crippen LogP contribution in [0.25, 0.3) is 0 Å². The van der Waals surface area contributed by atoms with E-state index >= 15 is 0 Å². The third-order valence-corrected chi connectivity index (χ3v) is 2.84. The van der Waals surface area contributed by atoms with Crippen molar-refractivity contribution < 1.29 is 23.4 Å². The second kappa shape index (κ2) is 12.8. The number of ether oxygens (including phenoxy) is 4. The van der Waals surface area contributed by atoms with Crippen LogP contribution in [0, 0.1) is 0 Å². The fraction of sp³-hybridized carbons (Fsp3) is 0.733. The monoisotopic (exact) mass is 301 g/mol. The first kappa shape index (κ1) is 18.1. The minimum atomic E-state index is 0.198. The molecule has 1 heterocycles. The molecule has 6 heteroatoms. The predicted octanol–water partition coefficient (Wildman–Crippen LogP) is 1.63. The molecule has 122 valence electrons. The van der Waals surface area contributed by atoms with Gasteiger partial charge in [-0.15, -0.1) is 0 Å². The van der Waals surface area contributed by atoms with Gasteiger partial charge < -0.3 is 28.7 Å². The third kappa shape index (κ3) is 9.60. The molecule has 1 rings (SSSR count). The van der Waals surface area contributed by atoms with Crippen molar-refractivity contribution in [3.8, 4) is 0 Å². The van der Waals surface area contributed by atoms with E-state index in [4.69, 9.17) is 23.4 Å². The van der Waals surface area contributed by atoms with Gasteiger partial charge in [-0.05, 0) is 19.1 Å². The van der Waals surface area contributed by atoms with Gasteiger partial charge in [-0.1, -0.05) is 0 Å². The number of nitrogens with one attached hydrogen (secondary N) is 1. The van der Waals surface area contributed by atoms with E-state index in [9.17, 15) is 0 Å². The van der Waals surface area contributed by atoms with Crippen LogP contribution in [0.2, 0.25) is 0 Å². The lowest BCUT2D eigenvalue weighted by Crippen LogP contribution is -2.23. The highest BCUT2D eigenvalue weighted by molar-refractivity contribution is 5.02. The summed E-state index contributed by atoms with van der Waals surface area (Å²) in [6.07, 6.45) is 1.68. The van der Waals surface area contributed by atoms with Gasteiger partial charge in [-0.25, -0.2) is 0 Å². The molecule has 0 aliphatic heterocycles. The van der Waals surface area contributed by atoms with Gasteiger partial charge in [0.2, 0.25) is 0 Å². The minimum absolute atomic E-state index is 0.198. The molecule has 0 aliphatic carbocycles. The van der Waals surface area contributed by atoms with E-state index in [2.05, 4.69) is 12.2 Å². The molecular weight excluding hydrogens is 274 g/mol. The molecule has 1 N–H and O–H groups in total. The average Bonchev–Trinajstić information content (AvgIpc) is 3.02. The molecule has 21 heavy (non-hydrogen) atoms. The van der Waals surface area contributed by atoms with Crippen LogP contribution in [0.15, 0.2) is 22.8 Å². The van der Waals surface area contributed by atoms with Gasteiger partial charge in [0.15, 0.2) is 0 Å². The van der Waals surface area contributed by atoms with E-state index in [1.54, 1.807) is 13.4 Å². The van der Waals surface area contributed by atoms with Gasteiger partial charge in [-0.3, -0.25) is 0 Å². The smallest absolute Gasteiger partial charge is 0.120 e. The van der Waals surface area contributed by atoms with Gasteiger partial charge in [0.1, 0.15) is 5.76 Å². The van der Waals surface area contributed by atoms with Crippen LogP contribution >= 0.6 is 0 Å². The van der Waals surface area contributed by atoms with Crippen molar-refractivity contribution in [2.75, 3.05) is 59.9 Å². The van der Waals surface area contributed by atoms with Crippen LogP contribution in [0.1, 0.15) is 18.7 Å². The largest absolute Gasteiger partial charge is 0.468 e. The lowest BCUT2D eigenvalue weighted by molar-refractivity contribution is 0.00392. The number of furan rings is 1. The second-order valence-corrected chi connectivity index (χ2v) is 4.52. The van der Waals surface area contributed by atoms with Crippen molar-refractivity contribution >= 4 is 0 Å². The Bertz CT molecular complexity index is 318. The van der Waals surface area contributed by atoms with Crippen LogP contribution in [0.5, 0.6) is 0 Å². The molecule has 0 saturated carbocycles. The maximum absolute atomic E-state index is 5.47. The fourth-order valence-electron chi connectivity index (χ4n) is 1.67. The minimum Gasteiger partial charge on any atom is -0.468 e. The zero-order chi connectivity index (χ0) is 15.2. The van der Waals surface area contributed by atoms with E-state index in [0.717, 1.165) is 12.3 Å². The number of hydrogen-bond acceptors (Lipinski definition) is 6. The van der Waals surface area contributed by atoms with Crippen molar-refractivity contribution in [2.24, 2.45) is 0 Å². The zero-order valence-electron chi connectivity index (χ0n) is 13.0. The molecule has 1 aromatic heterocycles. The maximum Gasteiger partial charge on any atom is 0.120 e. The highest BCUT2D eigenvalue weighted by Crippen LogP contribution is 2.11. The summed E-state index contributed by atoms with van der Waals surface area (Å²) < 4.78 is 26.3. The summed E-state index contributed by atoms with van der Waals surface area (Å²) in [6.45, 7) is 7.07. The normalized spacial score (nSPS) is 12.7. The van der Waals surface area contributed by atoms with Gasteiger partial charge >= 0.3 is 0 Å². The van der Waals surface area contributed by atoms with Crippen molar-refractivity contribution in [3.05, 3.63) is 24.2 Å². The van der Waals surface area contributed by atoms with Crippen molar-refractivity contribution in [1.29, 1.82) is 0 Å². The molecule has 1 atom stereocenters. The molecular formula is C15H27NO5. The highest BCUT2D eigenvalue weighted by atomic mass is 16.6. The lowest BCUT2D eigenvalue weighted by Gasteiger charge is -2.11. The molecule has 1 unspecified atom stereocenters. The molecule has 0 amide bonds. The molecule has 0 bridgehead atoms. The van der Waals surface area contributed by atoms with E-state index in [1.807, 2.05) is 12.1 Å². The second-order valence-electron chi connectivity index (χ2n) is 4.52. The SMILES string of the molecule is COCCOCCOCCOCCNC(C)c1ccco1. The highest BCUT2D eigenvalue weighted by Gasteiger charge is 2.05. The van der Waals surface area contributed by atoms with E-state index in [1.165, 1.54) is 0 Å². The summed E-state index contributed by atoms with van der Waals surface area (Å²) in [5.74, 6) is 0.937. The third-order valence-electron chi connectivity index (χ3n) is 2.84. The molecule has 0 spiro atoms. The fourth-order valence-corrected chi connectivity index (χ4v) is 1.67. The van der Waals surface area contributed by atoms with Crippen LogP contribution in [-0.2, 0) is 18.9 Å². The van der Waals surface area contributed by atoms with Gasteiger partial charge in [-0.2, -0.15) is 0 Å². The van der Waals surface area contributed by atoms with Gasteiger partial charge in [0.25, 0.3) is 0 Å². The molecule has 0 radical (unpaired) electrons. The average molecular weight is 301 g/mol. The zero-order valence-corrected chi connectivity index (χ0v) is 13.0. The van der Waals surface area contributed by atoms with Crippen molar-refractivity contribution in [1.82, 2.24) is 5.32 Å². The molecule has 6 nitrogen and oxygen atoms in total. The summed E-state index contributed by atoms with van der Waals surface area (Å²) in [5, 5.41) is 3.32. The number of methoxy groups -OCH3 is 1. The van der Waals surface area contributed by atoms with Crippen molar-refractivity contribution in [3.63, 3.8) is 0 Å². The molecule has 1 aromatic rings. The van der Waals surface area contributed by atoms with E-state index in [-0.39, 0.29) is 6.04 Å². The summed E-state index contributed by atoms with van der Waals surface area (Å²) in [5.41, 5.74) is 0. The van der Waals surface area contributed by atoms with E-state index in [0.29, 0.717) is 46.2 Å². The number of rotatable bonds is 14. The Balaban J connectivity index is 1.78. The Morgan fingerprint density at radius 3 is 2.19 bits per heavy atom. The Hall–Kier alpha value is -0.920. The molecule has 0 aliphatic rings. The first-order valence-electron chi connectivity index (χ1n) is 7.33. The van der Waals surface area contributed by atoms with Crippen LogP contribution in [0.4, 0.5) is 0 Å². The van der Waals surface area contributed by atoms with E-state index < -0.39 is 0 Å². The van der Waals surface area contributed by atoms with Crippen molar-refractivity contribution in [2.45, 2.75) is 13.0 Å². The Kier molecular flexibility index (Phi) is 11.0.